The Morgan fingerprint density at radius 3 is 2.08 bits per heavy atom. The van der Waals surface area contributed by atoms with Crippen LogP contribution in [0.5, 0.6) is 0 Å². The largest absolute Gasteiger partial charge is 0.304 e. The van der Waals surface area contributed by atoms with Crippen LogP contribution in [-0.4, -0.2) is 24.5 Å². The molecule has 0 aromatic heterocycles. The monoisotopic (exact) mass is 185 g/mol. The lowest BCUT2D eigenvalue weighted by Gasteiger charge is -2.41. The average molecular weight is 185 g/mol. The molecular formula is C12H27N. The molecule has 0 aromatic carbocycles. The molecule has 0 bridgehead atoms. The summed E-state index contributed by atoms with van der Waals surface area (Å²) >= 11 is 0. The Morgan fingerprint density at radius 2 is 1.77 bits per heavy atom. The minimum atomic E-state index is 0.384. The molecule has 0 N–H and O–H groups in total. The number of rotatable bonds is 6. The minimum absolute atomic E-state index is 0.384. The highest BCUT2D eigenvalue weighted by atomic mass is 15.1. The van der Waals surface area contributed by atoms with Crippen LogP contribution in [0.25, 0.3) is 0 Å². The van der Waals surface area contributed by atoms with Crippen LogP contribution in [0, 0.1) is 5.92 Å². The fraction of sp³-hybridized carbons (Fsp3) is 1.00. The van der Waals surface area contributed by atoms with E-state index in [0.29, 0.717) is 5.54 Å². The SMILES string of the molecule is CCCCC(C)C(C)(CC)N(C)C. The fourth-order valence-corrected chi connectivity index (χ4v) is 1.93. The summed E-state index contributed by atoms with van der Waals surface area (Å²) in [6.45, 7) is 9.33. The molecule has 0 radical (unpaired) electrons. The van der Waals surface area contributed by atoms with E-state index in [9.17, 15) is 0 Å². The molecule has 0 rings (SSSR count). The summed E-state index contributed by atoms with van der Waals surface area (Å²) < 4.78 is 0. The summed E-state index contributed by atoms with van der Waals surface area (Å²) in [7, 11) is 4.40. The molecule has 0 saturated heterocycles. The highest BCUT2D eigenvalue weighted by molar-refractivity contribution is 4.86. The lowest BCUT2D eigenvalue weighted by Crippen LogP contribution is -2.46. The van der Waals surface area contributed by atoms with Gasteiger partial charge in [0.15, 0.2) is 0 Å². The van der Waals surface area contributed by atoms with Gasteiger partial charge in [0, 0.05) is 5.54 Å². The standard InChI is InChI=1S/C12H27N/c1-7-9-10-11(3)12(4,8-2)13(5)6/h11H,7-10H2,1-6H3. The second-order valence-electron chi connectivity index (χ2n) is 4.65. The lowest BCUT2D eigenvalue weighted by molar-refractivity contribution is 0.0940. The maximum absolute atomic E-state index is 2.39. The molecule has 0 heterocycles. The molecule has 0 aliphatic heterocycles. The van der Waals surface area contributed by atoms with E-state index in [2.05, 4.69) is 46.7 Å². The van der Waals surface area contributed by atoms with E-state index < -0.39 is 0 Å². The van der Waals surface area contributed by atoms with E-state index >= 15 is 0 Å². The van der Waals surface area contributed by atoms with Gasteiger partial charge in [-0.3, -0.25) is 0 Å². The van der Waals surface area contributed by atoms with Crippen molar-refractivity contribution in [3.8, 4) is 0 Å². The number of hydrogen-bond acceptors (Lipinski definition) is 1. The van der Waals surface area contributed by atoms with Crippen LogP contribution < -0.4 is 0 Å². The van der Waals surface area contributed by atoms with Crippen molar-refractivity contribution >= 4 is 0 Å². The van der Waals surface area contributed by atoms with Crippen molar-refractivity contribution < 1.29 is 0 Å². The van der Waals surface area contributed by atoms with E-state index in [1.54, 1.807) is 0 Å². The molecular weight excluding hydrogens is 158 g/mol. The third kappa shape index (κ3) is 3.30. The van der Waals surface area contributed by atoms with Crippen LogP contribution in [0.1, 0.15) is 53.4 Å². The van der Waals surface area contributed by atoms with Gasteiger partial charge >= 0.3 is 0 Å². The topological polar surface area (TPSA) is 3.24 Å². The van der Waals surface area contributed by atoms with Gasteiger partial charge in [0.2, 0.25) is 0 Å². The van der Waals surface area contributed by atoms with Crippen LogP contribution >= 0.6 is 0 Å². The zero-order valence-corrected chi connectivity index (χ0v) is 10.4. The lowest BCUT2D eigenvalue weighted by atomic mass is 9.80. The van der Waals surface area contributed by atoms with Gasteiger partial charge < -0.3 is 4.90 Å². The van der Waals surface area contributed by atoms with Gasteiger partial charge in [-0.05, 0) is 39.8 Å². The van der Waals surface area contributed by atoms with Gasteiger partial charge in [0.25, 0.3) is 0 Å². The molecule has 1 nitrogen and oxygen atoms in total. The van der Waals surface area contributed by atoms with Gasteiger partial charge in [0.05, 0.1) is 0 Å². The van der Waals surface area contributed by atoms with Crippen LogP contribution in [0.4, 0.5) is 0 Å². The van der Waals surface area contributed by atoms with Gasteiger partial charge in [0.1, 0.15) is 0 Å². The van der Waals surface area contributed by atoms with E-state index in [1.807, 2.05) is 0 Å². The van der Waals surface area contributed by atoms with E-state index in [0.717, 1.165) is 5.92 Å². The summed E-state index contributed by atoms with van der Waals surface area (Å²) in [6.07, 6.45) is 5.28. The first kappa shape index (κ1) is 13.0. The molecule has 80 valence electrons. The first-order valence-corrected chi connectivity index (χ1v) is 5.66. The summed E-state index contributed by atoms with van der Waals surface area (Å²) in [5.41, 5.74) is 0.384. The number of nitrogens with zero attached hydrogens (tertiary/aromatic N) is 1. The third-order valence-corrected chi connectivity index (χ3v) is 3.79. The van der Waals surface area contributed by atoms with Crippen molar-refractivity contribution in [2.24, 2.45) is 5.92 Å². The second-order valence-corrected chi connectivity index (χ2v) is 4.65. The number of unbranched alkanes of at least 4 members (excludes halogenated alkanes) is 1. The summed E-state index contributed by atoms with van der Waals surface area (Å²) in [6, 6.07) is 0. The fourth-order valence-electron chi connectivity index (χ4n) is 1.93. The predicted octanol–water partition coefficient (Wildman–Crippen LogP) is 3.54. The molecule has 0 spiro atoms. The van der Waals surface area contributed by atoms with Crippen molar-refractivity contribution in [1.82, 2.24) is 4.90 Å². The maximum Gasteiger partial charge on any atom is 0.0198 e. The smallest absolute Gasteiger partial charge is 0.0198 e. The zero-order chi connectivity index (χ0) is 10.5. The van der Waals surface area contributed by atoms with E-state index in [4.69, 9.17) is 0 Å². The Bertz CT molecular complexity index is 131. The molecule has 2 unspecified atom stereocenters. The van der Waals surface area contributed by atoms with Crippen LogP contribution in [0.15, 0.2) is 0 Å². The highest BCUT2D eigenvalue weighted by Gasteiger charge is 2.30. The highest BCUT2D eigenvalue weighted by Crippen LogP contribution is 2.29. The first-order valence-electron chi connectivity index (χ1n) is 5.66. The molecule has 0 saturated carbocycles. The van der Waals surface area contributed by atoms with Gasteiger partial charge in [-0.1, -0.05) is 33.6 Å². The van der Waals surface area contributed by atoms with Crippen molar-refractivity contribution in [3.05, 3.63) is 0 Å². The molecule has 2 atom stereocenters. The summed E-state index contributed by atoms with van der Waals surface area (Å²) in [5, 5.41) is 0. The van der Waals surface area contributed by atoms with Crippen molar-refractivity contribution in [2.75, 3.05) is 14.1 Å². The average Bonchev–Trinajstić information content (AvgIpc) is 2.12. The third-order valence-electron chi connectivity index (χ3n) is 3.79. The quantitative estimate of drug-likeness (QED) is 0.612. The molecule has 0 fully saturated rings. The van der Waals surface area contributed by atoms with Crippen molar-refractivity contribution in [1.29, 1.82) is 0 Å². The second kappa shape index (κ2) is 5.64. The maximum atomic E-state index is 2.39. The van der Waals surface area contributed by atoms with E-state index in [1.165, 1.54) is 25.7 Å². The van der Waals surface area contributed by atoms with Crippen molar-refractivity contribution in [2.45, 2.75) is 58.9 Å². The molecule has 0 amide bonds. The van der Waals surface area contributed by atoms with Gasteiger partial charge in [-0.2, -0.15) is 0 Å². The zero-order valence-electron chi connectivity index (χ0n) is 10.4. The Labute approximate surface area is 84.5 Å². The number of hydrogen-bond donors (Lipinski definition) is 0. The Balaban J connectivity index is 4.20. The molecule has 13 heavy (non-hydrogen) atoms. The summed E-state index contributed by atoms with van der Waals surface area (Å²) in [4.78, 5) is 2.38. The molecule has 0 aliphatic rings. The Hall–Kier alpha value is -0.0400. The van der Waals surface area contributed by atoms with Crippen LogP contribution in [-0.2, 0) is 0 Å². The Morgan fingerprint density at radius 1 is 1.23 bits per heavy atom. The first-order chi connectivity index (χ1) is 5.99. The van der Waals surface area contributed by atoms with Gasteiger partial charge in [-0.25, -0.2) is 0 Å². The minimum Gasteiger partial charge on any atom is -0.304 e. The molecule has 0 aromatic rings. The van der Waals surface area contributed by atoms with Crippen LogP contribution in [0.2, 0.25) is 0 Å². The Kier molecular flexibility index (Phi) is 5.62. The molecule has 1 heteroatoms. The normalized spacial score (nSPS) is 18.7. The van der Waals surface area contributed by atoms with Gasteiger partial charge in [-0.15, -0.1) is 0 Å². The van der Waals surface area contributed by atoms with Crippen LogP contribution in [0.3, 0.4) is 0 Å². The molecule has 0 aliphatic carbocycles. The van der Waals surface area contributed by atoms with Crippen molar-refractivity contribution in [3.63, 3.8) is 0 Å². The van der Waals surface area contributed by atoms with E-state index in [-0.39, 0.29) is 0 Å². The predicted molar refractivity (Wildman–Crippen MR) is 61.1 cm³/mol. The summed E-state index contributed by atoms with van der Waals surface area (Å²) in [5.74, 6) is 0.799.